The molecule has 0 saturated heterocycles. The van der Waals surface area contributed by atoms with Gasteiger partial charge in [-0.05, 0) is 26.5 Å². The summed E-state index contributed by atoms with van der Waals surface area (Å²) < 4.78 is 4.95. The summed E-state index contributed by atoms with van der Waals surface area (Å²) in [5, 5.41) is 3.30. The summed E-state index contributed by atoms with van der Waals surface area (Å²) in [6.07, 6.45) is 5.09. The van der Waals surface area contributed by atoms with E-state index < -0.39 is 0 Å². The van der Waals surface area contributed by atoms with Crippen molar-refractivity contribution in [3.8, 4) is 0 Å². The molecule has 0 aromatic heterocycles. The molecule has 0 rings (SSSR count). The Labute approximate surface area is 104 Å². The average Bonchev–Trinajstić information content (AvgIpc) is 2.28. The van der Waals surface area contributed by atoms with E-state index in [1.54, 1.807) is 11.8 Å². The largest absolute Gasteiger partial charge is 0.468 e. The van der Waals surface area contributed by atoms with E-state index in [0.717, 1.165) is 25.8 Å². The Morgan fingerprint density at radius 3 is 2.56 bits per heavy atom. The van der Waals surface area contributed by atoms with Crippen molar-refractivity contribution in [3.63, 3.8) is 0 Å². The van der Waals surface area contributed by atoms with Crippen molar-refractivity contribution in [1.82, 2.24) is 5.32 Å². The Hall–Kier alpha value is -0.220. The molecular weight excluding hydrogens is 222 g/mol. The second-order valence-corrected chi connectivity index (χ2v) is 6.08. The molecule has 1 atom stereocenters. The van der Waals surface area contributed by atoms with Crippen molar-refractivity contribution in [2.45, 2.75) is 50.8 Å². The standard InChI is InChI=1S/C12H25NO2S/c1-6-7-8-10(11(14)15-4)13-9-12(2,3)16-5/h10,13H,6-9H2,1-5H3. The lowest BCUT2D eigenvalue weighted by Crippen LogP contribution is -2.43. The van der Waals surface area contributed by atoms with Gasteiger partial charge in [0.2, 0.25) is 0 Å². The topological polar surface area (TPSA) is 38.3 Å². The number of carbonyl (C=O) groups excluding carboxylic acids is 1. The zero-order valence-electron chi connectivity index (χ0n) is 11.1. The first-order chi connectivity index (χ1) is 7.46. The Morgan fingerprint density at radius 1 is 1.50 bits per heavy atom. The smallest absolute Gasteiger partial charge is 0.322 e. The predicted molar refractivity (Wildman–Crippen MR) is 70.9 cm³/mol. The molecule has 0 heterocycles. The van der Waals surface area contributed by atoms with E-state index in [1.165, 1.54) is 7.11 Å². The molecule has 0 spiro atoms. The molecular formula is C12H25NO2S. The number of ether oxygens (including phenoxy) is 1. The highest BCUT2D eigenvalue weighted by molar-refractivity contribution is 7.99. The molecule has 0 fully saturated rings. The van der Waals surface area contributed by atoms with E-state index in [4.69, 9.17) is 4.74 Å². The molecule has 0 aromatic carbocycles. The first-order valence-corrected chi connectivity index (χ1v) is 7.05. The van der Waals surface area contributed by atoms with Crippen LogP contribution in [0, 0.1) is 0 Å². The summed E-state index contributed by atoms with van der Waals surface area (Å²) in [7, 11) is 1.45. The van der Waals surface area contributed by atoms with Crippen LogP contribution >= 0.6 is 11.8 Å². The van der Waals surface area contributed by atoms with E-state index in [-0.39, 0.29) is 16.8 Å². The van der Waals surface area contributed by atoms with Gasteiger partial charge in [-0.2, -0.15) is 11.8 Å². The van der Waals surface area contributed by atoms with Crippen molar-refractivity contribution >= 4 is 17.7 Å². The third-order valence-corrected chi connectivity index (χ3v) is 3.91. The van der Waals surface area contributed by atoms with Gasteiger partial charge in [0.25, 0.3) is 0 Å². The molecule has 16 heavy (non-hydrogen) atoms. The molecule has 1 N–H and O–H groups in total. The molecule has 4 heteroatoms. The fourth-order valence-electron chi connectivity index (χ4n) is 1.29. The predicted octanol–water partition coefficient (Wildman–Crippen LogP) is 2.45. The maximum atomic E-state index is 11.5. The quantitative estimate of drug-likeness (QED) is 0.669. The number of methoxy groups -OCH3 is 1. The molecule has 3 nitrogen and oxygen atoms in total. The highest BCUT2D eigenvalue weighted by Crippen LogP contribution is 2.20. The lowest BCUT2D eigenvalue weighted by molar-refractivity contribution is -0.143. The summed E-state index contributed by atoms with van der Waals surface area (Å²) in [5.74, 6) is -0.148. The van der Waals surface area contributed by atoms with Gasteiger partial charge in [-0.3, -0.25) is 4.79 Å². The highest BCUT2D eigenvalue weighted by Gasteiger charge is 2.22. The van der Waals surface area contributed by atoms with Crippen LogP contribution in [0.25, 0.3) is 0 Å². The highest BCUT2D eigenvalue weighted by atomic mass is 32.2. The van der Waals surface area contributed by atoms with Crippen LogP contribution in [0.4, 0.5) is 0 Å². The van der Waals surface area contributed by atoms with Gasteiger partial charge >= 0.3 is 5.97 Å². The molecule has 0 bridgehead atoms. The summed E-state index contributed by atoms with van der Waals surface area (Å²) in [5.41, 5.74) is 0. The average molecular weight is 247 g/mol. The minimum atomic E-state index is -0.156. The van der Waals surface area contributed by atoms with Crippen LogP contribution in [-0.2, 0) is 9.53 Å². The lowest BCUT2D eigenvalue weighted by Gasteiger charge is -2.25. The first kappa shape index (κ1) is 15.8. The van der Waals surface area contributed by atoms with Crippen molar-refractivity contribution < 1.29 is 9.53 Å². The molecule has 1 unspecified atom stereocenters. The van der Waals surface area contributed by atoms with E-state index in [9.17, 15) is 4.79 Å². The number of unbranched alkanes of at least 4 members (excludes halogenated alkanes) is 1. The van der Waals surface area contributed by atoms with Crippen LogP contribution in [0.1, 0.15) is 40.0 Å². The number of hydrogen-bond acceptors (Lipinski definition) is 4. The first-order valence-electron chi connectivity index (χ1n) is 5.83. The minimum absolute atomic E-state index is 0.148. The second kappa shape index (κ2) is 7.96. The SMILES string of the molecule is CCCCC(NCC(C)(C)SC)C(=O)OC. The van der Waals surface area contributed by atoms with Crippen LogP contribution in [-0.4, -0.2) is 36.7 Å². The Kier molecular flexibility index (Phi) is 7.85. The van der Waals surface area contributed by atoms with Gasteiger partial charge in [-0.1, -0.05) is 19.8 Å². The third-order valence-electron chi connectivity index (χ3n) is 2.66. The lowest BCUT2D eigenvalue weighted by atomic mass is 10.1. The van der Waals surface area contributed by atoms with Crippen LogP contribution in [0.2, 0.25) is 0 Å². The number of hydrogen-bond donors (Lipinski definition) is 1. The number of thioether (sulfide) groups is 1. The van der Waals surface area contributed by atoms with E-state index in [0.29, 0.717) is 0 Å². The van der Waals surface area contributed by atoms with Gasteiger partial charge in [-0.15, -0.1) is 0 Å². The molecule has 0 aliphatic rings. The molecule has 0 saturated carbocycles. The summed E-state index contributed by atoms with van der Waals surface area (Å²) in [6.45, 7) is 7.27. The van der Waals surface area contributed by atoms with Crippen molar-refractivity contribution in [3.05, 3.63) is 0 Å². The fourth-order valence-corrected chi connectivity index (χ4v) is 1.52. The van der Waals surface area contributed by atoms with E-state index in [2.05, 4.69) is 32.3 Å². The number of rotatable bonds is 8. The maximum Gasteiger partial charge on any atom is 0.322 e. The van der Waals surface area contributed by atoms with Crippen molar-refractivity contribution in [2.75, 3.05) is 19.9 Å². The summed E-state index contributed by atoms with van der Waals surface area (Å²) >= 11 is 1.80. The van der Waals surface area contributed by atoms with Crippen molar-refractivity contribution in [2.24, 2.45) is 0 Å². The molecule has 0 radical (unpaired) electrons. The molecule has 96 valence electrons. The number of nitrogens with one attached hydrogen (secondary N) is 1. The minimum Gasteiger partial charge on any atom is -0.468 e. The number of carbonyl (C=O) groups is 1. The van der Waals surface area contributed by atoms with Crippen molar-refractivity contribution in [1.29, 1.82) is 0 Å². The van der Waals surface area contributed by atoms with E-state index in [1.807, 2.05) is 0 Å². The Morgan fingerprint density at radius 2 is 2.12 bits per heavy atom. The Balaban J connectivity index is 4.15. The van der Waals surface area contributed by atoms with Gasteiger partial charge in [0.05, 0.1) is 7.11 Å². The van der Waals surface area contributed by atoms with Gasteiger partial charge in [0, 0.05) is 11.3 Å². The second-order valence-electron chi connectivity index (χ2n) is 4.56. The van der Waals surface area contributed by atoms with Crippen LogP contribution in [0.15, 0.2) is 0 Å². The van der Waals surface area contributed by atoms with E-state index >= 15 is 0 Å². The third kappa shape index (κ3) is 6.38. The van der Waals surface area contributed by atoms with Gasteiger partial charge in [-0.25, -0.2) is 0 Å². The zero-order chi connectivity index (χ0) is 12.6. The Bertz CT molecular complexity index is 207. The summed E-state index contributed by atoms with van der Waals surface area (Å²) in [6, 6.07) is -0.156. The molecule has 0 amide bonds. The number of esters is 1. The zero-order valence-corrected chi connectivity index (χ0v) is 11.9. The fraction of sp³-hybridized carbons (Fsp3) is 0.917. The normalized spacial score (nSPS) is 13.6. The monoisotopic (exact) mass is 247 g/mol. The van der Waals surface area contributed by atoms with Crippen LogP contribution < -0.4 is 5.32 Å². The molecule has 0 aliphatic heterocycles. The van der Waals surface area contributed by atoms with Crippen LogP contribution in [0.3, 0.4) is 0 Å². The molecule has 0 aromatic rings. The van der Waals surface area contributed by atoms with Crippen LogP contribution in [0.5, 0.6) is 0 Å². The van der Waals surface area contributed by atoms with Gasteiger partial charge < -0.3 is 10.1 Å². The maximum absolute atomic E-state index is 11.5. The molecule has 0 aliphatic carbocycles. The summed E-state index contributed by atoms with van der Waals surface area (Å²) in [4.78, 5) is 11.5. The van der Waals surface area contributed by atoms with Gasteiger partial charge in [0.15, 0.2) is 0 Å². The van der Waals surface area contributed by atoms with Gasteiger partial charge in [0.1, 0.15) is 6.04 Å².